The average molecular weight is 289 g/mol. The van der Waals surface area contributed by atoms with Crippen LogP contribution in [-0.4, -0.2) is 25.6 Å². The van der Waals surface area contributed by atoms with Crippen molar-refractivity contribution in [2.24, 2.45) is 0 Å². The Balaban J connectivity index is 0.00000180. The highest BCUT2D eigenvalue weighted by Gasteiger charge is 2.21. The first kappa shape index (κ1) is 15.7. The standard InChI is InChI=1S/C13H17FN2O2.ClH/c1-18-12-5-4-9(7-10(12)14)8-16-13(17)11-3-2-6-15-11;/h4-5,7,11,15H,2-3,6,8H2,1H3,(H,16,17);1H. The van der Waals surface area contributed by atoms with Gasteiger partial charge in [-0.3, -0.25) is 4.79 Å². The summed E-state index contributed by atoms with van der Waals surface area (Å²) in [6.45, 7) is 1.22. The maximum Gasteiger partial charge on any atom is 0.237 e. The average Bonchev–Trinajstić information content (AvgIpc) is 2.90. The predicted octanol–water partition coefficient (Wildman–Crippen LogP) is 1.62. The smallest absolute Gasteiger partial charge is 0.237 e. The van der Waals surface area contributed by atoms with Crippen molar-refractivity contribution in [3.63, 3.8) is 0 Å². The van der Waals surface area contributed by atoms with Crippen LogP contribution in [0.15, 0.2) is 18.2 Å². The van der Waals surface area contributed by atoms with Crippen LogP contribution in [0.1, 0.15) is 18.4 Å². The molecule has 1 aromatic carbocycles. The third-order valence-corrected chi connectivity index (χ3v) is 3.06. The molecule has 2 N–H and O–H groups in total. The number of rotatable bonds is 4. The topological polar surface area (TPSA) is 50.4 Å². The van der Waals surface area contributed by atoms with Crippen LogP contribution >= 0.6 is 12.4 Å². The van der Waals surface area contributed by atoms with E-state index in [2.05, 4.69) is 10.6 Å². The molecule has 0 aliphatic carbocycles. The van der Waals surface area contributed by atoms with E-state index in [1.165, 1.54) is 13.2 Å². The van der Waals surface area contributed by atoms with Gasteiger partial charge in [-0.15, -0.1) is 12.4 Å². The van der Waals surface area contributed by atoms with Crippen LogP contribution in [0.2, 0.25) is 0 Å². The summed E-state index contributed by atoms with van der Waals surface area (Å²) in [7, 11) is 1.42. The van der Waals surface area contributed by atoms with Gasteiger partial charge in [-0.2, -0.15) is 0 Å². The van der Waals surface area contributed by atoms with Crippen LogP contribution in [-0.2, 0) is 11.3 Å². The van der Waals surface area contributed by atoms with E-state index in [1.807, 2.05) is 0 Å². The predicted molar refractivity (Wildman–Crippen MR) is 73.1 cm³/mol. The summed E-state index contributed by atoms with van der Waals surface area (Å²) in [6.07, 6.45) is 1.89. The van der Waals surface area contributed by atoms with Gasteiger partial charge in [0, 0.05) is 6.54 Å². The van der Waals surface area contributed by atoms with Crippen molar-refractivity contribution >= 4 is 18.3 Å². The molecule has 0 radical (unpaired) electrons. The SMILES string of the molecule is COc1ccc(CNC(=O)C2CCCN2)cc1F.Cl. The Hall–Kier alpha value is -1.33. The van der Waals surface area contributed by atoms with Crippen molar-refractivity contribution in [2.45, 2.75) is 25.4 Å². The normalized spacial score (nSPS) is 17.7. The van der Waals surface area contributed by atoms with Crippen molar-refractivity contribution in [3.8, 4) is 5.75 Å². The molecule has 19 heavy (non-hydrogen) atoms. The largest absolute Gasteiger partial charge is 0.494 e. The van der Waals surface area contributed by atoms with Crippen molar-refractivity contribution in [1.29, 1.82) is 0 Å². The van der Waals surface area contributed by atoms with Gasteiger partial charge >= 0.3 is 0 Å². The summed E-state index contributed by atoms with van der Waals surface area (Å²) in [4.78, 5) is 11.7. The number of methoxy groups -OCH3 is 1. The molecule has 0 spiro atoms. The fourth-order valence-corrected chi connectivity index (χ4v) is 2.04. The fourth-order valence-electron chi connectivity index (χ4n) is 2.04. The Morgan fingerprint density at radius 2 is 2.37 bits per heavy atom. The monoisotopic (exact) mass is 288 g/mol. The lowest BCUT2D eigenvalue weighted by atomic mass is 10.2. The van der Waals surface area contributed by atoms with E-state index >= 15 is 0 Å². The minimum absolute atomic E-state index is 0. The molecular weight excluding hydrogens is 271 g/mol. The number of amides is 1. The van der Waals surface area contributed by atoms with Crippen LogP contribution < -0.4 is 15.4 Å². The van der Waals surface area contributed by atoms with Crippen LogP contribution in [0.5, 0.6) is 5.75 Å². The number of hydrogen-bond donors (Lipinski definition) is 2. The highest BCUT2D eigenvalue weighted by molar-refractivity contribution is 5.85. The number of carbonyl (C=O) groups is 1. The minimum atomic E-state index is -0.414. The maximum absolute atomic E-state index is 13.4. The van der Waals surface area contributed by atoms with E-state index in [-0.39, 0.29) is 30.1 Å². The molecule has 0 saturated carbocycles. The molecule has 106 valence electrons. The second-order valence-electron chi connectivity index (χ2n) is 4.34. The van der Waals surface area contributed by atoms with Crippen molar-refractivity contribution in [3.05, 3.63) is 29.6 Å². The molecule has 6 heteroatoms. The van der Waals surface area contributed by atoms with Gasteiger partial charge in [-0.25, -0.2) is 4.39 Å². The first-order valence-electron chi connectivity index (χ1n) is 6.04. The molecule has 1 fully saturated rings. The Labute approximate surface area is 118 Å². The summed E-state index contributed by atoms with van der Waals surface area (Å²) < 4.78 is 18.3. The van der Waals surface area contributed by atoms with Crippen LogP contribution in [0.4, 0.5) is 4.39 Å². The lowest BCUT2D eigenvalue weighted by Crippen LogP contribution is -2.40. The number of ether oxygens (including phenoxy) is 1. The summed E-state index contributed by atoms with van der Waals surface area (Å²) in [6, 6.07) is 4.57. The van der Waals surface area contributed by atoms with E-state index in [0.29, 0.717) is 6.54 Å². The quantitative estimate of drug-likeness (QED) is 0.885. The van der Waals surface area contributed by atoms with Crippen LogP contribution in [0.25, 0.3) is 0 Å². The summed E-state index contributed by atoms with van der Waals surface area (Å²) >= 11 is 0. The summed E-state index contributed by atoms with van der Waals surface area (Å²) in [5, 5.41) is 5.91. The van der Waals surface area contributed by atoms with Gasteiger partial charge < -0.3 is 15.4 Å². The summed E-state index contributed by atoms with van der Waals surface area (Å²) in [5.74, 6) is -0.227. The number of benzene rings is 1. The lowest BCUT2D eigenvalue weighted by molar-refractivity contribution is -0.122. The van der Waals surface area contributed by atoms with E-state index < -0.39 is 5.82 Å². The Kier molecular flexibility index (Phi) is 6.05. The highest BCUT2D eigenvalue weighted by Crippen LogP contribution is 2.17. The Bertz CT molecular complexity index is 437. The van der Waals surface area contributed by atoms with E-state index in [9.17, 15) is 9.18 Å². The number of halogens is 2. The van der Waals surface area contributed by atoms with Crippen molar-refractivity contribution in [2.75, 3.05) is 13.7 Å². The number of carbonyl (C=O) groups excluding carboxylic acids is 1. The van der Waals surface area contributed by atoms with E-state index in [0.717, 1.165) is 24.9 Å². The highest BCUT2D eigenvalue weighted by atomic mass is 35.5. The maximum atomic E-state index is 13.4. The summed E-state index contributed by atoms with van der Waals surface area (Å²) in [5.41, 5.74) is 0.722. The molecule has 1 saturated heterocycles. The molecule has 1 unspecified atom stereocenters. The molecule has 1 amide bonds. The third-order valence-electron chi connectivity index (χ3n) is 3.06. The van der Waals surface area contributed by atoms with Crippen molar-refractivity contribution in [1.82, 2.24) is 10.6 Å². The molecule has 1 heterocycles. The third kappa shape index (κ3) is 4.08. The van der Waals surface area contributed by atoms with E-state index in [1.54, 1.807) is 12.1 Å². The van der Waals surface area contributed by atoms with Gasteiger partial charge in [0.2, 0.25) is 5.91 Å². The zero-order chi connectivity index (χ0) is 13.0. The van der Waals surface area contributed by atoms with Crippen LogP contribution in [0, 0.1) is 5.82 Å². The molecule has 0 aromatic heterocycles. The van der Waals surface area contributed by atoms with Gasteiger partial charge in [0.15, 0.2) is 11.6 Å². The molecule has 4 nitrogen and oxygen atoms in total. The molecule has 1 aliphatic rings. The van der Waals surface area contributed by atoms with Gasteiger partial charge in [-0.1, -0.05) is 6.07 Å². The minimum Gasteiger partial charge on any atom is -0.494 e. The fraction of sp³-hybridized carbons (Fsp3) is 0.462. The Morgan fingerprint density at radius 3 is 2.95 bits per heavy atom. The second kappa shape index (κ2) is 7.31. The zero-order valence-electron chi connectivity index (χ0n) is 10.7. The van der Waals surface area contributed by atoms with Gasteiger partial charge in [0.1, 0.15) is 0 Å². The second-order valence-corrected chi connectivity index (χ2v) is 4.34. The van der Waals surface area contributed by atoms with Gasteiger partial charge in [-0.05, 0) is 37.1 Å². The zero-order valence-corrected chi connectivity index (χ0v) is 11.6. The first-order valence-corrected chi connectivity index (χ1v) is 6.04. The molecule has 1 atom stereocenters. The molecule has 1 aliphatic heterocycles. The molecule has 2 rings (SSSR count). The lowest BCUT2D eigenvalue weighted by Gasteiger charge is -2.11. The number of nitrogens with one attached hydrogen (secondary N) is 2. The van der Waals surface area contributed by atoms with Crippen molar-refractivity contribution < 1.29 is 13.9 Å². The Morgan fingerprint density at radius 1 is 1.58 bits per heavy atom. The van der Waals surface area contributed by atoms with Gasteiger partial charge in [0.25, 0.3) is 0 Å². The van der Waals surface area contributed by atoms with E-state index in [4.69, 9.17) is 4.74 Å². The van der Waals surface area contributed by atoms with Gasteiger partial charge in [0.05, 0.1) is 13.2 Å². The molecule has 1 aromatic rings. The molecule has 0 bridgehead atoms. The van der Waals surface area contributed by atoms with Crippen LogP contribution in [0.3, 0.4) is 0 Å². The number of hydrogen-bond acceptors (Lipinski definition) is 3. The first-order chi connectivity index (χ1) is 8.70. The molecular formula is C13H18ClFN2O2.